The number of aryl methyl sites for hydroxylation is 1. The largest absolute Gasteiger partial charge is 0.494 e. The van der Waals surface area contributed by atoms with Crippen LogP contribution in [0.3, 0.4) is 0 Å². The molecule has 154 valence electrons. The van der Waals surface area contributed by atoms with Gasteiger partial charge in [-0.1, -0.05) is 18.2 Å². The first-order chi connectivity index (χ1) is 14.5. The van der Waals surface area contributed by atoms with Crippen LogP contribution in [0.5, 0.6) is 17.4 Å². The summed E-state index contributed by atoms with van der Waals surface area (Å²) in [5, 5.41) is 10.5. The monoisotopic (exact) mass is 411 g/mol. The third-order valence-corrected chi connectivity index (χ3v) is 4.68. The second-order valence-corrected chi connectivity index (χ2v) is 6.68. The smallest absolute Gasteiger partial charge is 0.331 e. The average molecular weight is 411 g/mol. The zero-order chi connectivity index (χ0) is 21.1. The van der Waals surface area contributed by atoms with E-state index in [1.165, 1.54) is 18.3 Å². The number of aromatic nitrogens is 2. The van der Waals surface area contributed by atoms with Crippen LogP contribution in [0, 0.1) is 5.82 Å². The second-order valence-electron chi connectivity index (χ2n) is 6.68. The van der Waals surface area contributed by atoms with E-state index in [4.69, 9.17) is 9.47 Å². The molecule has 1 aliphatic heterocycles. The SMILES string of the molecule is O=c1[nH]c(=O)n(CCc2ccc(F)cc2)c(O)c1C=NCc1ccc2c(c1)OCO2. The molecule has 0 radical (unpaired) electrons. The van der Waals surface area contributed by atoms with Crippen LogP contribution < -0.4 is 20.7 Å². The van der Waals surface area contributed by atoms with E-state index in [1.54, 1.807) is 24.3 Å². The first-order valence-corrected chi connectivity index (χ1v) is 9.20. The molecule has 0 saturated heterocycles. The van der Waals surface area contributed by atoms with Gasteiger partial charge < -0.3 is 14.6 Å². The van der Waals surface area contributed by atoms with E-state index in [2.05, 4.69) is 9.98 Å². The van der Waals surface area contributed by atoms with Gasteiger partial charge in [0.15, 0.2) is 11.5 Å². The van der Waals surface area contributed by atoms with Gasteiger partial charge in [-0.3, -0.25) is 19.3 Å². The van der Waals surface area contributed by atoms with Gasteiger partial charge in [-0.05, 0) is 41.8 Å². The summed E-state index contributed by atoms with van der Waals surface area (Å²) in [5.74, 6) is 0.451. The third kappa shape index (κ3) is 4.09. The molecule has 1 aromatic heterocycles. The van der Waals surface area contributed by atoms with E-state index < -0.39 is 17.1 Å². The summed E-state index contributed by atoms with van der Waals surface area (Å²) >= 11 is 0. The first-order valence-electron chi connectivity index (χ1n) is 9.20. The number of hydrogen-bond donors (Lipinski definition) is 2. The summed E-state index contributed by atoms with van der Waals surface area (Å²) in [6.45, 7) is 0.519. The van der Waals surface area contributed by atoms with Gasteiger partial charge >= 0.3 is 5.69 Å². The molecule has 0 fully saturated rings. The highest BCUT2D eigenvalue weighted by molar-refractivity contribution is 5.81. The van der Waals surface area contributed by atoms with Crippen molar-refractivity contribution in [2.24, 2.45) is 4.99 Å². The predicted octanol–water partition coefficient (Wildman–Crippen LogP) is 1.97. The Balaban J connectivity index is 1.52. The highest BCUT2D eigenvalue weighted by Gasteiger charge is 2.14. The van der Waals surface area contributed by atoms with Crippen LogP contribution in [-0.2, 0) is 19.5 Å². The Kier molecular flexibility index (Phi) is 5.34. The highest BCUT2D eigenvalue weighted by atomic mass is 19.1. The number of H-pyrrole nitrogens is 1. The Morgan fingerprint density at radius 3 is 2.63 bits per heavy atom. The lowest BCUT2D eigenvalue weighted by molar-refractivity contribution is 0.174. The maximum atomic E-state index is 13.0. The topological polar surface area (TPSA) is 106 Å². The molecule has 0 aliphatic carbocycles. The van der Waals surface area contributed by atoms with E-state index in [-0.39, 0.29) is 31.3 Å². The van der Waals surface area contributed by atoms with E-state index in [0.717, 1.165) is 15.7 Å². The lowest BCUT2D eigenvalue weighted by Gasteiger charge is -2.09. The Labute approximate surface area is 169 Å². The van der Waals surface area contributed by atoms with Crippen molar-refractivity contribution in [3.05, 3.63) is 85.8 Å². The van der Waals surface area contributed by atoms with Crippen molar-refractivity contribution in [2.45, 2.75) is 19.5 Å². The van der Waals surface area contributed by atoms with Crippen molar-refractivity contribution in [1.82, 2.24) is 9.55 Å². The Morgan fingerprint density at radius 2 is 1.83 bits per heavy atom. The van der Waals surface area contributed by atoms with Crippen molar-refractivity contribution in [2.75, 3.05) is 6.79 Å². The van der Waals surface area contributed by atoms with Crippen LogP contribution in [0.4, 0.5) is 4.39 Å². The Bertz CT molecular complexity index is 1210. The van der Waals surface area contributed by atoms with Gasteiger partial charge in [-0.2, -0.15) is 0 Å². The fraction of sp³-hybridized carbons (Fsp3) is 0.190. The number of nitrogens with one attached hydrogen (secondary N) is 1. The molecule has 2 heterocycles. The van der Waals surface area contributed by atoms with E-state index in [9.17, 15) is 19.1 Å². The molecule has 0 unspecified atom stereocenters. The number of aromatic amines is 1. The molecule has 9 heteroatoms. The fourth-order valence-corrected chi connectivity index (χ4v) is 3.07. The van der Waals surface area contributed by atoms with Gasteiger partial charge in [0, 0.05) is 12.8 Å². The molecule has 30 heavy (non-hydrogen) atoms. The summed E-state index contributed by atoms with van der Waals surface area (Å²) in [7, 11) is 0. The second kappa shape index (κ2) is 8.24. The molecular formula is C21H18FN3O5. The van der Waals surface area contributed by atoms with Crippen molar-refractivity contribution in [1.29, 1.82) is 0 Å². The van der Waals surface area contributed by atoms with E-state index in [0.29, 0.717) is 17.9 Å². The lowest BCUT2D eigenvalue weighted by atomic mass is 10.1. The van der Waals surface area contributed by atoms with Crippen LogP contribution in [0.2, 0.25) is 0 Å². The molecule has 1 aliphatic rings. The van der Waals surface area contributed by atoms with Crippen molar-refractivity contribution < 1.29 is 19.0 Å². The molecule has 0 saturated carbocycles. The predicted molar refractivity (Wildman–Crippen MR) is 107 cm³/mol. The molecular weight excluding hydrogens is 393 g/mol. The number of aliphatic imine (C=N–C) groups is 1. The molecule has 2 aromatic carbocycles. The summed E-state index contributed by atoms with van der Waals surface area (Å²) in [5.41, 5.74) is 0.0370. The number of halogens is 1. The number of benzene rings is 2. The summed E-state index contributed by atoms with van der Waals surface area (Å²) in [6, 6.07) is 11.2. The molecule has 3 aromatic rings. The highest BCUT2D eigenvalue weighted by Crippen LogP contribution is 2.32. The van der Waals surface area contributed by atoms with E-state index >= 15 is 0 Å². The van der Waals surface area contributed by atoms with Crippen LogP contribution in [0.1, 0.15) is 16.7 Å². The molecule has 2 N–H and O–H groups in total. The van der Waals surface area contributed by atoms with Crippen LogP contribution in [0.15, 0.2) is 57.0 Å². The van der Waals surface area contributed by atoms with Crippen molar-refractivity contribution in [3.63, 3.8) is 0 Å². The Morgan fingerprint density at radius 1 is 1.10 bits per heavy atom. The minimum atomic E-state index is -0.732. The minimum absolute atomic E-state index is 0.107. The third-order valence-electron chi connectivity index (χ3n) is 4.68. The van der Waals surface area contributed by atoms with Crippen LogP contribution >= 0.6 is 0 Å². The number of hydrogen-bond acceptors (Lipinski definition) is 6. The fourth-order valence-electron chi connectivity index (χ4n) is 3.07. The lowest BCUT2D eigenvalue weighted by Crippen LogP contribution is -2.32. The van der Waals surface area contributed by atoms with Crippen LogP contribution in [0.25, 0.3) is 0 Å². The summed E-state index contributed by atoms with van der Waals surface area (Å²) < 4.78 is 24.6. The minimum Gasteiger partial charge on any atom is -0.494 e. The number of fused-ring (bicyclic) bond motifs is 1. The molecule has 4 rings (SSSR count). The van der Waals surface area contributed by atoms with Gasteiger partial charge in [0.1, 0.15) is 11.4 Å². The van der Waals surface area contributed by atoms with Crippen molar-refractivity contribution in [3.8, 4) is 17.4 Å². The van der Waals surface area contributed by atoms with Crippen molar-refractivity contribution >= 4 is 6.21 Å². The summed E-state index contributed by atoms with van der Waals surface area (Å²) in [4.78, 5) is 30.6. The molecule has 0 spiro atoms. The number of nitrogens with zero attached hydrogens (tertiary/aromatic N) is 2. The zero-order valence-corrected chi connectivity index (χ0v) is 15.8. The number of rotatable bonds is 6. The summed E-state index contributed by atoms with van der Waals surface area (Å²) in [6.07, 6.45) is 1.60. The standard InChI is InChI=1S/C21H18FN3O5/c22-15-4-1-13(2-5-15)7-8-25-20(27)16(19(26)24-21(25)28)11-23-10-14-3-6-17-18(9-14)30-12-29-17/h1-6,9,11,27H,7-8,10,12H2,(H,24,26,28). The van der Waals surface area contributed by atoms with Gasteiger partial charge in [-0.25, -0.2) is 9.18 Å². The average Bonchev–Trinajstić information content (AvgIpc) is 3.19. The normalized spacial score (nSPS) is 12.6. The molecule has 0 atom stereocenters. The zero-order valence-electron chi connectivity index (χ0n) is 15.8. The molecule has 8 nitrogen and oxygen atoms in total. The quantitative estimate of drug-likeness (QED) is 0.604. The number of aromatic hydroxyl groups is 1. The maximum absolute atomic E-state index is 13.0. The molecule has 0 amide bonds. The van der Waals surface area contributed by atoms with Gasteiger partial charge in [0.2, 0.25) is 12.7 Å². The van der Waals surface area contributed by atoms with Gasteiger partial charge in [0.25, 0.3) is 5.56 Å². The van der Waals surface area contributed by atoms with E-state index in [1.807, 2.05) is 6.07 Å². The van der Waals surface area contributed by atoms with Crippen LogP contribution in [-0.4, -0.2) is 27.7 Å². The van der Waals surface area contributed by atoms with Gasteiger partial charge in [0.05, 0.1) is 6.54 Å². The number of ether oxygens (including phenoxy) is 2. The Hall–Kier alpha value is -3.88. The molecule has 0 bridgehead atoms. The first kappa shape index (κ1) is 19.4. The maximum Gasteiger partial charge on any atom is 0.331 e. The van der Waals surface area contributed by atoms with Gasteiger partial charge in [-0.15, -0.1) is 0 Å².